The molecule has 0 unspecified atom stereocenters. The van der Waals surface area contributed by atoms with E-state index in [1.54, 1.807) is 0 Å². The molecule has 2 saturated carbocycles. The second-order valence-corrected chi connectivity index (χ2v) is 10.0. The van der Waals surface area contributed by atoms with Crippen LogP contribution >= 0.6 is 0 Å². The highest BCUT2D eigenvalue weighted by molar-refractivity contribution is 5.73. The molecule has 0 N–H and O–H groups in total. The number of alkyl halides is 3. The molecule has 3 fully saturated rings. The number of aryl methyl sites for hydroxylation is 2. The topological polar surface area (TPSA) is 78.6 Å². The lowest BCUT2D eigenvalue weighted by Crippen LogP contribution is -2.35. The first-order chi connectivity index (χ1) is 16.3. The molecule has 3 aromatic heterocycles. The maximum atomic E-state index is 13.2. The molecule has 10 heteroatoms. The van der Waals surface area contributed by atoms with Crippen LogP contribution in [0.3, 0.4) is 0 Å². The van der Waals surface area contributed by atoms with Crippen molar-refractivity contribution in [1.82, 2.24) is 29.7 Å². The number of nitrogens with zero attached hydrogens (tertiary/aromatic N) is 6. The molecular weight excluding hydrogens is 445 g/mol. The SMILES string of the molecule is Cc1nc2nc([C@H]3CCO[C@H](c4cnn(C5CC5)c4)C3)nc(C3CC(C(F)(F)F)C3)c2nc1C. The molecule has 0 amide bonds. The van der Waals surface area contributed by atoms with Crippen LogP contribution in [0, 0.1) is 19.8 Å². The van der Waals surface area contributed by atoms with Gasteiger partial charge in [0, 0.05) is 30.2 Å². The van der Waals surface area contributed by atoms with Crippen molar-refractivity contribution in [3.8, 4) is 0 Å². The Hall–Kier alpha value is -2.62. The maximum Gasteiger partial charge on any atom is 0.391 e. The Bertz CT molecular complexity index is 1230. The Labute approximate surface area is 195 Å². The van der Waals surface area contributed by atoms with E-state index in [2.05, 4.69) is 21.3 Å². The summed E-state index contributed by atoms with van der Waals surface area (Å²) in [6.07, 6.45) is 3.56. The molecule has 2 aliphatic carbocycles. The highest BCUT2D eigenvalue weighted by Crippen LogP contribution is 2.50. The number of hydrogen-bond acceptors (Lipinski definition) is 6. The molecule has 0 spiro atoms. The molecule has 0 aromatic carbocycles. The quantitative estimate of drug-likeness (QED) is 0.516. The number of rotatable bonds is 4. The van der Waals surface area contributed by atoms with E-state index in [-0.39, 0.29) is 30.8 Å². The summed E-state index contributed by atoms with van der Waals surface area (Å²) in [5, 5.41) is 4.49. The summed E-state index contributed by atoms with van der Waals surface area (Å²) in [6.45, 7) is 4.29. The highest BCUT2D eigenvalue weighted by atomic mass is 19.4. The fourth-order valence-corrected chi connectivity index (χ4v) is 5.05. The van der Waals surface area contributed by atoms with Crippen LogP contribution in [0.5, 0.6) is 0 Å². The predicted octanol–water partition coefficient (Wildman–Crippen LogP) is 5.26. The van der Waals surface area contributed by atoms with Crippen LogP contribution in [0.25, 0.3) is 11.2 Å². The van der Waals surface area contributed by atoms with Crippen molar-refractivity contribution in [2.24, 2.45) is 5.92 Å². The Kier molecular flexibility index (Phi) is 5.13. The number of halogens is 3. The number of aromatic nitrogens is 6. The third-order valence-corrected chi connectivity index (χ3v) is 7.54. The van der Waals surface area contributed by atoms with Gasteiger partial charge < -0.3 is 4.74 Å². The lowest BCUT2D eigenvalue weighted by Gasteiger charge is -2.36. The minimum absolute atomic E-state index is 0.0353. The van der Waals surface area contributed by atoms with Gasteiger partial charge in [-0.2, -0.15) is 18.3 Å². The van der Waals surface area contributed by atoms with E-state index in [4.69, 9.17) is 14.7 Å². The molecule has 6 rings (SSSR count). The smallest absolute Gasteiger partial charge is 0.373 e. The van der Waals surface area contributed by atoms with Gasteiger partial charge in [-0.15, -0.1) is 0 Å². The van der Waals surface area contributed by atoms with Crippen molar-refractivity contribution in [2.75, 3.05) is 6.61 Å². The van der Waals surface area contributed by atoms with Crippen LogP contribution in [0.15, 0.2) is 12.4 Å². The second kappa shape index (κ2) is 7.96. The molecule has 3 aliphatic rings. The molecule has 4 heterocycles. The monoisotopic (exact) mass is 472 g/mol. The van der Waals surface area contributed by atoms with E-state index in [9.17, 15) is 13.2 Å². The summed E-state index contributed by atoms with van der Waals surface area (Å²) in [5.74, 6) is -0.882. The summed E-state index contributed by atoms with van der Waals surface area (Å²) >= 11 is 0. The van der Waals surface area contributed by atoms with Crippen molar-refractivity contribution in [1.29, 1.82) is 0 Å². The third-order valence-electron chi connectivity index (χ3n) is 7.54. The number of hydrogen-bond donors (Lipinski definition) is 0. The van der Waals surface area contributed by atoms with E-state index in [1.807, 2.05) is 24.7 Å². The van der Waals surface area contributed by atoms with Crippen molar-refractivity contribution >= 4 is 11.2 Å². The van der Waals surface area contributed by atoms with E-state index in [0.29, 0.717) is 41.8 Å². The molecule has 2 atom stereocenters. The van der Waals surface area contributed by atoms with Gasteiger partial charge in [-0.3, -0.25) is 4.68 Å². The first kappa shape index (κ1) is 21.9. The summed E-state index contributed by atoms with van der Waals surface area (Å²) in [5.41, 5.74) is 4.18. The van der Waals surface area contributed by atoms with Gasteiger partial charge in [0.15, 0.2) is 5.65 Å². The molecular formula is C24H27F3N6O. The minimum Gasteiger partial charge on any atom is -0.373 e. The molecule has 34 heavy (non-hydrogen) atoms. The largest absolute Gasteiger partial charge is 0.391 e. The van der Waals surface area contributed by atoms with Crippen molar-refractivity contribution in [3.05, 3.63) is 40.9 Å². The number of fused-ring (bicyclic) bond motifs is 1. The fraction of sp³-hybridized carbons (Fsp3) is 0.625. The fourth-order valence-electron chi connectivity index (χ4n) is 5.05. The summed E-state index contributed by atoms with van der Waals surface area (Å²) in [4.78, 5) is 18.9. The normalized spacial score (nSPS) is 27.7. The van der Waals surface area contributed by atoms with Crippen molar-refractivity contribution in [2.45, 2.75) is 82.5 Å². The Morgan fingerprint density at radius 2 is 1.71 bits per heavy atom. The lowest BCUT2D eigenvalue weighted by atomic mass is 9.72. The van der Waals surface area contributed by atoms with Gasteiger partial charge in [0.05, 0.1) is 41.3 Å². The van der Waals surface area contributed by atoms with Crippen molar-refractivity contribution < 1.29 is 17.9 Å². The summed E-state index contributed by atoms with van der Waals surface area (Å²) in [6, 6.07) is 0.507. The van der Waals surface area contributed by atoms with E-state index < -0.39 is 12.1 Å². The Morgan fingerprint density at radius 3 is 2.44 bits per heavy atom. The van der Waals surface area contributed by atoms with Gasteiger partial charge in [0.1, 0.15) is 11.3 Å². The molecule has 7 nitrogen and oxygen atoms in total. The van der Waals surface area contributed by atoms with E-state index in [1.165, 1.54) is 12.8 Å². The van der Waals surface area contributed by atoms with Gasteiger partial charge in [-0.1, -0.05) is 0 Å². The molecule has 0 radical (unpaired) electrons. The van der Waals surface area contributed by atoms with Crippen LogP contribution in [-0.4, -0.2) is 42.5 Å². The Morgan fingerprint density at radius 1 is 0.941 bits per heavy atom. The average molecular weight is 473 g/mol. The van der Waals surface area contributed by atoms with Gasteiger partial charge >= 0.3 is 6.18 Å². The van der Waals surface area contributed by atoms with Crippen molar-refractivity contribution in [3.63, 3.8) is 0 Å². The summed E-state index contributed by atoms with van der Waals surface area (Å²) < 4.78 is 47.6. The lowest BCUT2D eigenvalue weighted by molar-refractivity contribution is -0.197. The zero-order valence-corrected chi connectivity index (χ0v) is 19.2. The molecule has 0 bridgehead atoms. The van der Waals surface area contributed by atoms with Gasteiger partial charge in [-0.25, -0.2) is 19.9 Å². The standard InChI is InChI=1S/C24H27F3N6O/c1-12-13(2)30-23-21(29-12)20(15-7-17(8-15)24(25,26)27)31-22(32-23)14-5-6-34-19(9-14)16-10-28-33(11-16)18-3-4-18/h10-11,14-15,17-19H,3-9H2,1-2H3/t14-,15?,17?,19-/m0/s1. The first-order valence-corrected chi connectivity index (χ1v) is 12.0. The Balaban J connectivity index is 1.32. The van der Waals surface area contributed by atoms with Crippen LogP contribution in [0.4, 0.5) is 13.2 Å². The maximum absolute atomic E-state index is 13.2. The van der Waals surface area contributed by atoms with Gasteiger partial charge in [0.25, 0.3) is 0 Å². The van der Waals surface area contributed by atoms with Crippen LogP contribution in [0.2, 0.25) is 0 Å². The molecule has 3 aromatic rings. The zero-order chi connectivity index (χ0) is 23.6. The molecule has 1 aliphatic heterocycles. The van der Waals surface area contributed by atoms with Crippen LogP contribution < -0.4 is 0 Å². The minimum atomic E-state index is -4.17. The number of ether oxygens (including phenoxy) is 1. The third kappa shape index (κ3) is 3.95. The van der Waals surface area contributed by atoms with Gasteiger partial charge in [-0.05, 0) is 52.4 Å². The molecule has 180 valence electrons. The van der Waals surface area contributed by atoms with Crippen LogP contribution in [-0.2, 0) is 4.74 Å². The van der Waals surface area contributed by atoms with E-state index >= 15 is 0 Å². The zero-order valence-electron chi connectivity index (χ0n) is 19.2. The first-order valence-electron chi connectivity index (χ1n) is 12.0. The second-order valence-electron chi connectivity index (χ2n) is 10.0. The highest BCUT2D eigenvalue weighted by Gasteiger charge is 2.49. The van der Waals surface area contributed by atoms with Gasteiger partial charge in [0.2, 0.25) is 0 Å². The molecule has 1 saturated heterocycles. The van der Waals surface area contributed by atoms with E-state index in [0.717, 1.165) is 23.4 Å². The predicted molar refractivity (Wildman–Crippen MR) is 117 cm³/mol. The average Bonchev–Trinajstić information content (AvgIpc) is 3.49. The summed E-state index contributed by atoms with van der Waals surface area (Å²) in [7, 11) is 0. The van der Waals surface area contributed by atoms with Crippen LogP contribution in [0.1, 0.15) is 91.0 Å².